The largest absolute Gasteiger partial charge is 0.477 e. The lowest BCUT2D eigenvalue weighted by Crippen LogP contribution is -2.56. The molecule has 0 unspecified atom stereocenters. The van der Waals surface area contributed by atoms with Gasteiger partial charge < -0.3 is 9.84 Å². The van der Waals surface area contributed by atoms with Gasteiger partial charge in [-0.05, 0) is 13.3 Å². The van der Waals surface area contributed by atoms with Gasteiger partial charge in [-0.1, -0.05) is 18.7 Å². The standard InChI is InChI=1S/C11H13NO5S/c1-3-5-8(13)12-6(10(14)15)7(18-9(5)12)11(16)17-4-2/h5,9H,3-4H2,1-2H3,(H,14,15)/t5-,9+/m0/s1. The molecular formula is C11H13NO5S. The van der Waals surface area contributed by atoms with Crippen molar-refractivity contribution in [2.45, 2.75) is 25.6 Å². The number of carboxylic acids is 1. The van der Waals surface area contributed by atoms with E-state index in [9.17, 15) is 14.4 Å². The maximum absolute atomic E-state index is 11.8. The Kier molecular flexibility index (Phi) is 3.34. The van der Waals surface area contributed by atoms with E-state index in [-0.39, 0.29) is 34.4 Å². The van der Waals surface area contributed by atoms with Crippen LogP contribution in [-0.4, -0.2) is 39.8 Å². The summed E-state index contributed by atoms with van der Waals surface area (Å²) in [6, 6.07) is 0. The van der Waals surface area contributed by atoms with Crippen LogP contribution in [0, 0.1) is 5.92 Å². The number of esters is 1. The summed E-state index contributed by atoms with van der Waals surface area (Å²) >= 11 is 1.11. The fraction of sp³-hybridized carbons (Fsp3) is 0.545. The van der Waals surface area contributed by atoms with Crippen LogP contribution in [-0.2, 0) is 19.1 Å². The number of rotatable bonds is 4. The number of fused-ring (bicyclic) bond motifs is 1. The van der Waals surface area contributed by atoms with Gasteiger partial charge in [0, 0.05) is 0 Å². The second kappa shape index (κ2) is 4.64. The molecule has 1 N–H and O–H groups in total. The van der Waals surface area contributed by atoms with E-state index in [0.29, 0.717) is 6.42 Å². The summed E-state index contributed by atoms with van der Waals surface area (Å²) in [6.07, 6.45) is 0.635. The first-order valence-electron chi connectivity index (χ1n) is 5.67. The molecular weight excluding hydrogens is 258 g/mol. The molecule has 0 aromatic rings. The minimum Gasteiger partial charge on any atom is -0.477 e. The van der Waals surface area contributed by atoms with Crippen LogP contribution in [0.3, 0.4) is 0 Å². The van der Waals surface area contributed by atoms with Gasteiger partial charge in [0.2, 0.25) is 5.91 Å². The Morgan fingerprint density at radius 3 is 2.61 bits per heavy atom. The first kappa shape index (κ1) is 12.9. The summed E-state index contributed by atoms with van der Waals surface area (Å²) in [7, 11) is 0. The van der Waals surface area contributed by atoms with Gasteiger partial charge in [0.1, 0.15) is 4.91 Å². The Labute approximate surface area is 108 Å². The third kappa shape index (κ3) is 1.69. The van der Waals surface area contributed by atoms with Gasteiger partial charge in [-0.15, -0.1) is 0 Å². The number of β-lactam (4-membered cyclic amide) rings is 1. The van der Waals surface area contributed by atoms with Crippen LogP contribution in [0.4, 0.5) is 0 Å². The number of amides is 1. The van der Waals surface area contributed by atoms with Crippen molar-refractivity contribution < 1.29 is 24.2 Å². The minimum absolute atomic E-state index is 0.0265. The molecule has 98 valence electrons. The molecule has 2 aliphatic rings. The lowest BCUT2D eigenvalue weighted by molar-refractivity contribution is -0.151. The molecule has 0 radical (unpaired) electrons. The summed E-state index contributed by atoms with van der Waals surface area (Å²) in [5.74, 6) is -2.38. The molecule has 6 nitrogen and oxygen atoms in total. The second-order valence-electron chi connectivity index (χ2n) is 3.93. The fourth-order valence-electron chi connectivity index (χ4n) is 2.10. The Morgan fingerprint density at radius 2 is 2.11 bits per heavy atom. The lowest BCUT2D eigenvalue weighted by atomic mass is 9.94. The normalized spacial score (nSPS) is 25.9. The molecule has 1 amide bonds. The predicted molar refractivity (Wildman–Crippen MR) is 63.3 cm³/mol. The second-order valence-corrected chi connectivity index (χ2v) is 5.06. The van der Waals surface area contributed by atoms with Crippen LogP contribution in [0.15, 0.2) is 10.6 Å². The molecule has 18 heavy (non-hydrogen) atoms. The first-order chi connectivity index (χ1) is 8.52. The van der Waals surface area contributed by atoms with E-state index in [0.717, 1.165) is 11.8 Å². The van der Waals surface area contributed by atoms with E-state index in [1.54, 1.807) is 6.92 Å². The van der Waals surface area contributed by atoms with Crippen molar-refractivity contribution in [1.82, 2.24) is 4.90 Å². The van der Waals surface area contributed by atoms with Crippen LogP contribution < -0.4 is 0 Å². The molecule has 2 aliphatic heterocycles. The monoisotopic (exact) mass is 271 g/mol. The van der Waals surface area contributed by atoms with Gasteiger partial charge >= 0.3 is 11.9 Å². The highest BCUT2D eigenvalue weighted by atomic mass is 32.2. The molecule has 2 atom stereocenters. The van der Waals surface area contributed by atoms with Gasteiger partial charge in [0.25, 0.3) is 0 Å². The molecule has 1 saturated heterocycles. The highest BCUT2D eigenvalue weighted by Crippen LogP contribution is 2.50. The number of hydrogen-bond acceptors (Lipinski definition) is 5. The van der Waals surface area contributed by atoms with Gasteiger partial charge in [0.15, 0.2) is 5.70 Å². The van der Waals surface area contributed by atoms with Crippen molar-refractivity contribution in [1.29, 1.82) is 0 Å². The van der Waals surface area contributed by atoms with Crippen LogP contribution in [0.2, 0.25) is 0 Å². The zero-order valence-corrected chi connectivity index (χ0v) is 10.8. The van der Waals surface area contributed by atoms with Crippen molar-refractivity contribution in [2.24, 2.45) is 5.92 Å². The van der Waals surface area contributed by atoms with E-state index in [4.69, 9.17) is 9.84 Å². The van der Waals surface area contributed by atoms with E-state index in [2.05, 4.69) is 0 Å². The molecule has 0 saturated carbocycles. The van der Waals surface area contributed by atoms with Gasteiger partial charge in [-0.3, -0.25) is 9.69 Å². The van der Waals surface area contributed by atoms with Crippen molar-refractivity contribution in [3.63, 3.8) is 0 Å². The number of ether oxygens (including phenoxy) is 1. The number of carbonyl (C=O) groups excluding carboxylic acids is 2. The molecule has 0 bridgehead atoms. The predicted octanol–water partition coefficient (Wildman–Crippen LogP) is 0.787. The SMILES string of the molecule is CCOC(=O)C1=C(C(=O)O)N2C(=O)[C@H](CC)[C@H]2S1. The molecule has 2 heterocycles. The van der Waals surface area contributed by atoms with Crippen LogP contribution in [0.1, 0.15) is 20.3 Å². The zero-order valence-electron chi connectivity index (χ0n) is 10.0. The smallest absolute Gasteiger partial charge is 0.354 e. The van der Waals surface area contributed by atoms with Gasteiger partial charge in [-0.25, -0.2) is 9.59 Å². The molecule has 1 fully saturated rings. The number of nitrogens with zero attached hydrogens (tertiary/aromatic N) is 1. The fourth-order valence-corrected chi connectivity index (χ4v) is 3.58. The van der Waals surface area contributed by atoms with Crippen molar-refractivity contribution in [3.05, 3.63) is 10.6 Å². The van der Waals surface area contributed by atoms with E-state index in [1.807, 2.05) is 6.92 Å². The summed E-state index contributed by atoms with van der Waals surface area (Å²) in [6.45, 7) is 3.68. The lowest BCUT2D eigenvalue weighted by Gasteiger charge is -2.41. The van der Waals surface area contributed by atoms with Crippen LogP contribution in [0.5, 0.6) is 0 Å². The first-order valence-corrected chi connectivity index (χ1v) is 6.55. The van der Waals surface area contributed by atoms with Crippen molar-refractivity contribution >= 4 is 29.6 Å². The quantitative estimate of drug-likeness (QED) is 0.601. The minimum atomic E-state index is -1.27. The Hall–Kier alpha value is -1.50. The van der Waals surface area contributed by atoms with Crippen LogP contribution in [0.25, 0.3) is 0 Å². The molecule has 7 heteroatoms. The van der Waals surface area contributed by atoms with Gasteiger partial charge in [0.05, 0.1) is 17.9 Å². The number of hydrogen-bond donors (Lipinski definition) is 1. The topological polar surface area (TPSA) is 83.9 Å². The average molecular weight is 271 g/mol. The Morgan fingerprint density at radius 1 is 1.44 bits per heavy atom. The highest BCUT2D eigenvalue weighted by molar-refractivity contribution is 8.05. The molecule has 0 aliphatic carbocycles. The highest BCUT2D eigenvalue weighted by Gasteiger charge is 2.56. The Bertz CT molecular complexity index is 458. The number of carboxylic acid groups (broad SMARTS) is 1. The average Bonchev–Trinajstić information content (AvgIpc) is 2.66. The third-order valence-electron chi connectivity index (χ3n) is 2.95. The van der Waals surface area contributed by atoms with E-state index < -0.39 is 11.9 Å². The summed E-state index contributed by atoms with van der Waals surface area (Å²) in [4.78, 5) is 35.8. The molecule has 0 aromatic carbocycles. The number of carbonyl (C=O) groups is 3. The number of aliphatic carboxylic acids is 1. The maximum atomic E-state index is 11.8. The van der Waals surface area contributed by atoms with Crippen LogP contribution >= 0.6 is 11.8 Å². The van der Waals surface area contributed by atoms with E-state index in [1.165, 1.54) is 4.90 Å². The summed E-state index contributed by atoms with van der Waals surface area (Å²) in [5.41, 5.74) is -0.238. The molecule has 0 spiro atoms. The van der Waals surface area contributed by atoms with E-state index >= 15 is 0 Å². The summed E-state index contributed by atoms with van der Waals surface area (Å²) < 4.78 is 4.82. The third-order valence-corrected chi connectivity index (χ3v) is 4.33. The van der Waals surface area contributed by atoms with Crippen molar-refractivity contribution in [2.75, 3.05) is 6.61 Å². The van der Waals surface area contributed by atoms with Crippen molar-refractivity contribution in [3.8, 4) is 0 Å². The molecule has 0 aromatic heterocycles. The zero-order chi connectivity index (χ0) is 13.4. The Balaban J connectivity index is 2.31. The van der Waals surface area contributed by atoms with Gasteiger partial charge in [-0.2, -0.15) is 0 Å². The summed E-state index contributed by atoms with van der Waals surface area (Å²) in [5, 5.41) is 8.86. The maximum Gasteiger partial charge on any atom is 0.354 e. The number of thioether (sulfide) groups is 1. The molecule has 2 rings (SSSR count).